The van der Waals surface area contributed by atoms with Gasteiger partial charge in [0.05, 0.1) is 6.61 Å². The third-order valence-electron chi connectivity index (χ3n) is 12.0. The summed E-state index contributed by atoms with van der Waals surface area (Å²) < 4.78 is 28.2. The molecule has 0 aromatic carbocycles. The molecule has 0 saturated carbocycles. The lowest BCUT2D eigenvalue weighted by Gasteiger charge is -2.40. The summed E-state index contributed by atoms with van der Waals surface area (Å²) in [6, 6.07) is 0. The molecule has 65 heavy (non-hydrogen) atoms. The SMILES string of the molecule is CCCCC/C=C\C/C=C\CCCCCCCC(=O)OC1C(OCC(COC(=O)CCCCCCCCCCCCC)OC(=O)CCCCCCCCCCC)OC(C(=O)O)C(O)C1O. The molecule has 0 aromatic heterocycles. The Bertz CT molecular complexity index is 1240. The van der Waals surface area contributed by atoms with E-state index < -0.39 is 67.3 Å². The lowest BCUT2D eigenvalue weighted by molar-refractivity contribution is -0.301. The first-order valence-corrected chi connectivity index (χ1v) is 26.3. The van der Waals surface area contributed by atoms with Crippen LogP contribution in [0.4, 0.5) is 0 Å². The van der Waals surface area contributed by atoms with Crippen LogP contribution in [-0.2, 0) is 42.9 Å². The van der Waals surface area contributed by atoms with Gasteiger partial charge in [-0.3, -0.25) is 14.4 Å². The first-order chi connectivity index (χ1) is 31.6. The number of allylic oxidation sites excluding steroid dienone is 4. The topological polar surface area (TPSA) is 175 Å². The first-order valence-electron chi connectivity index (χ1n) is 26.3. The highest BCUT2D eigenvalue weighted by molar-refractivity contribution is 5.74. The van der Waals surface area contributed by atoms with Gasteiger partial charge in [-0.1, -0.05) is 193 Å². The average molecular weight is 923 g/mol. The Morgan fingerprint density at radius 2 is 0.923 bits per heavy atom. The Balaban J connectivity index is 2.71. The van der Waals surface area contributed by atoms with E-state index in [1.807, 2.05) is 0 Å². The summed E-state index contributed by atoms with van der Waals surface area (Å²) in [4.78, 5) is 50.7. The van der Waals surface area contributed by atoms with Gasteiger partial charge >= 0.3 is 23.9 Å². The van der Waals surface area contributed by atoms with Crippen LogP contribution in [0.3, 0.4) is 0 Å². The molecule has 12 nitrogen and oxygen atoms in total. The van der Waals surface area contributed by atoms with E-state index in [0.29, 0.717) is 19.3 Å². The second-order valence-corrected chi connectivity index (χ2v) is 18.2. The molecule has 12 heteroatoms. The molecule has 0 spiro atoms. The number of rotatable bonds is 44. The van der Waals surface area contributed by atoms with Gasteiger partial charge in [0.15, 0.2) is 24.6 Å². The Kier molecular flexibility index (Phi) is 39.4. The van der Waals surface area contributed by atoms with E-state index in [4.69, 9.17) is 23.7 Å². The van der Waals surface area contributed by atoms with Crippen molar-refractivity contribution in [3.8, 4) is 0 Å². The minimum absolute atomic E-state index is 0.0487. The van der Waals surface area contributed by atoms with Crippen LogP contribution in [0.2, 0.25) is 0 Å². The molecule has 1 heterocycles. The van der Waals surface area contributed by atoms with Gasteiger partial charge in [-0.2, -0.15) is 0 Å². The van der Waals surface area contributed by atoms with Crippen molar-refractivity contribution in [1.29, 1.82) is 0 Å². The molecule has 0 radical (unpaired) electrons. The number of ether oxygens (including phenoxy) is 5. The number of hydrogen-bond donors (Lipinski definition) is 3. The van der Waals surface area contributed by atoms with Gasteiger partial charge < -0.3 is 39.0 Å². The molecule has 1 rings (SSSR count). The van der Waals surface area contributed by atoms with Gasteiger partial charge in [-0.25, -0.2) is 4.79 Å². The highest BCUT2D eigenvalue weighted by Crippen LogP contribution is 2.26. The van der Waals surface area contributed by atoms with Crippen LogP contribution in [0.5, 0.6) is 0 Å². The van der Waals surface area contributed by atoms with Crippen molar-refractivity contribution < 1.29 is 58.2 Å². The van der Waals surface area contributed by atoms with E-state index in [1.165, 1.54) is 96.3 Å². The van der Waals surface area contributed by atoms with Gasteiger partial charge in [0, 0.05) is 19.3 Å². The average Bonchev–Trinajstić information content (AvgIpc) is 3.29. The van der Waals surface area contributed by atoms with E-state index >= 15 is 0 Å². The molecule has 6 atom stereocenters. The summed E-state index contributed by atoms with van der Waals surface area (Å²) in [5.74, 6) is -3.12. The number of aliphatic hydroxyl groups is 2. The maximum Gasteiger partial charge on any atom is 0.335 e. The summed E-state index contributed by atoms with van der Waals surface area (Å²) in [6.07, 6.45) is 33.2. The predicted molar refractivity (Wildman–Crippen MR) is 257 cm³/mol. The number of carbonyl (C=O) groups excluding carboxylic acids is 3. The number of aliphatic hydroxyl groups excluding tert-OH is 2. The van der Waals surface area contributed by atoms with Gasteiger partial charge in [-0.15, -0.1) is 0 Å². The Morgan fingerprint density at radius 1 is 0.508 bits per heavy atom. The number of carboxylic acids is 1. The van der Waals surface area contributed by atoms with Crippen LogP contribution in [0.25, 0.3) is 0 Å². The van der Waals surface area contributed by atoms with Crippen LogP contribution < -0.4 is 0 Å². The number of hydrogen-bond acceptors (Lipinski definition) is 11. The number of aliphatic carboxylic acids is 1. The molecule has 3 N–H and O–H groups in total. The summed E-state index contributed by atoms with van der Waals surface area (Å²) in [6.45, 7) is 5.91. The van der Waals surface area contributed by atoms with Crippen molar-refractivity contribution >= 4 is 23.9 Å². The molecule has 1 aliphatic rings. The van der Waals surface area contributed by atoms with Crippen LogP contribution in [0.1, 0.15) is 239 Å². The smallest absolute Gasteiger partial charge is 0.335 e. The number of unbranched alkanes of at least 4 members (excludes halogenated alkanes) is 26. The molecule has 0 aromatic rings. The van der Waals surface area contributed by atoms with E-state index in [1.54, 1.807) is 0 Å². The Labute approximate surface area is 394 Å². The molecule has 378 valence electrons. The van der Waals surface area contributed by atoms with Crippen molar-refractivity contribution in [2.24, 2.45) is 0 Å². The fourth-order valence-electron chi connectivity index (χ4n) is 7.93. The summed E-state index contributed by atoms with van der Waals surface area (Å²) in [5.41, 5.74) is 0. The summed E-state index contributed by atoms with van der Waals surface area (Å²) in [7, 11) is 0. The minimum atomic E-state index is -1.90. The predicted octanol–water partition coefficient (Wildman–Crippen LogP) is 12.3. The zero-order valence-electron chi connectivity index (χ0n) is 41.2. The van der Waals surface area contributed by atoms with Crippen LogP contribution in [0.15, 0.2) is 24.3 Å². The van der Waals surface area contributed by atoms with E-state index in [9.17, 15) is 34.5 Å². The standard InChI is InChI=1S/C53H94O12/c1-4-7-10-13-16-19-21-22-23-24-26-29-32-35-38-41-47(56)64-51-49(58)48(57)50(52(59)60)65-53(51)62-43-44(63-46(55)40-37-34-31-27-18-15-12-9-6-3)42-61-45(54)39-36-33-30-28-25-20-17-14-11-8-5-2/h16,19,22-23,44,48-51,53,57-58H,4-15,17-18,20-21,24-43H2,1-3H3,(H,59,60)/b19-16-,23-22-. The Hall–Kier alpha value is -2.80. The number of carbonyl (C=O) groups is 4. The lowest BCUT2D eigenvalue weighted by Crippen LogP contribution is -2.61. The molecule has 1 saturated heterocycles. The van der Waals surface area contributed by atoms with E-state index in [2.05, 4.69) is 45.1 Å². The second kappa shape index (κ2) is 42.5. The first kappa shape index (κ1) is 60.2. The quantitative estimate of drug-likeness (QED) is 0.0229. The van der Waals surface area contributed by atoms with Crippen molar-refractivity contribution in [3.05, 3.63) is 24.3 Å². The fourth-order valence-corrected chi connectivity index (χ4v) is 7.93. The highest BCUT2D eigenvalue weighted by atomic mass is 16.7. The van der Waals surface area contributed by atoms with Crippen molar-refractivity contribution in [2.45, 2.75) is 276 Å². The molecule has 1 aliphatic heterocycles. The van der Waals surface area contributed by atoms with Crippen LogP contribution in [0, 0.1) is 0 Å². The van der Waals surface area contributed by atoms with Gasteiger partial charge in [-0.05, 0) is 51.4 Å². The molecule has 0 bridgehead atoms. The van der Waals surface area contributed by atoms with E-state index in [0.717, 1.165) is 83.5 Å². The third-order valence-corrected chi connectivity index (χ3v) is 12.0. The molecular formula is C53H94O12. The number of carboxylic acid groups (broad SMARTS) is 1. The Morgan fingerprint density at radius 3 is 1.42 bits per heavy atom. The summed E-state index contributed by atoms with van der Waals surface area (Å²) in [5, 5.41) is 31.3. The highest BCUT2D eigenvalue weighted by Gasteiger charge is 2.50. The van der Waals surface area contributed by atoms with Crippen molar-refractivity contribution in [2.75, 3.05) is 13.2 Å². The maximum atomic E-state index is 13.0. The minimum Gasteiger partial charge on any atom is -0.479 e. The molecule has 1 fully saturated rings. The summed E-state index contributed by atoms with van der Waals surface area (Å²) >= 11 is 0. The van der Waals surface area contributed by atoms with Gasteiger partial charge in [0.25, 0.3) is 0 Å². The monoisotopic (exact) mass is 923 g/mol. The van der Waals surface area contributed by atoms with Gasteiger partial charge in [0.1, 0.15) is 18.8 Å². The van der Waals surface area contributed by atoms with E-state index in [-0.39, 0.29) is 25.9 Å². The second-order valence-electron chi connectivity index (χ2n) is 18.2. The van der Waals surface area contributed by atoms with Gasteiger partial charge in [0.2, 0.25) is 0 Å². The van der Waals surface area contributed by atoms with Crippen LogP contribution >= 0.6 is 0 Å². The normalized spacial score (nSPS) is 19.2. The molecule has 6 unspecified atom stereocenters. The van der Waals surface area contributed by atoms with Crippen LogP contribution in [-0.4, -0.2) is 89.2 Å². The van der Waals surface area contributed by atoms with Crippen molar-refractivity contribution in [1.82, 2.24) is 0 Å². The largest absolute Gasteiger partial charge is 0.479 e. The van der Waals surface area contributed by atoms with Crippen molar-refractivity contribution in [3.63, 3.8) is 0 Å². The zero-order valence-corrected chi connectivity index (χ0v) is 41.2. The zero-order chi connectivity index (χ0) is 47.6. The third kappa shape index (κ3) is 33.3. The maximum absolute atomic E-state index is 13.0. The number of esters is 3. The fraction of sp³-hybridized carbons (Fsp3) is 0.849. The molecular weight excluding hydrogens is 829 g/mol. The molecule has 0 amide bonds. The lowest BCUT2D eigenvalue weighted by atomic mass is 9.98. The molecule has 0 aliphatic carbocycles.